The van der Waals surface area contributed by atoms with Crippen LogP contribution in [0.2, 0.25) is 0 Å². The van der Waals surface area contributed by atoms with Crippen molar-refractivity contribution in [3.05, 3.63) is 35.4 Å². The molecule has 4 N–H and O–H groups in total. The topological polar surface area (TPSA) is 89.8 Å². The van der Waals surface area contributed by atoms with Crippen molar-refractivity contribution in [2.75, 3.05) is 6.54 Å². The molecule has 0 unspecified atom stereocenters. The number of aliphatic hydroxyl groups is 3. The van der Waals surface area contributed by atoms with Crippen molar-refractivity contribution in [2.45, 2.75) is 32.2 Å². The summed E-state index contributed by atoms with van der Waals surface area (Å²) in [6.07, 6.45) is -0.263. The van der Waals surface area contributed by atoms with Crippen LogP contribution in [0.3, 0.4) is 0 Å². The molecule has 5 nitrogen and oxygen atoms in total. The van der Waals surface area contributed by atoms with E-state index in [1.807, 2.05) is 24.3 Å². The van der Waals surface area contributed by atoms with E-state index in [4.69, 9.17) is 15.3 Å². The van der Waals surface area contributed by atoms with Crippen LogP contribution in [-0.4, -0.2) is 34.1 Å². The number of amides is 1. The van der Waals surface area contributed by atoms with Crippen LogP contribution < -0.4 is 5.32 Å². The maximum absolute atomic E-state index is 11.1. The molecule has 0 spiro atoms. The number of benzene rings is 1. The van der Waals surface area contributed by atoms with Crippen molar-refractivity contribution in [1.82, 2.24) is 5.32 Å². The van der Waals surface area contributed by atoms with Crippen molar-refractivity contribution in [3.63, 3.8) is 0 Å². The summed E-state index contributed by atoms with van der Waals surface area (Å²) in [6, 6.07) is 7.64. The van der Waals surface area contributed by atoms with Crippen LogP contribution in [0.5, 0.6) is 0 Å². The molecular formula is C13H19NO4. The van der Waals surface area contributed by atoms with Gasteiger partial charge in [0.05, 0.1) is 13.0 Å². The Morgan fingerprint density at radius 2 is 1.78 bits per heavy atom. The lowest BCUT2D eigenvalue weighted by atomic mass is 10.1. The minimum atomic E-state index is -1.59. The molecule has 1 aromatic carbocycles. The standard InChI is InChI=1S/C13H19NO4/c15-9-11-5-3-10(4-6-11)2-1-7-14-12(16)8-13(17)18/h3-6,13,15,17-18H,1-2,7-9H2,(H,14,16). The highest BCUT2D eigenvalue weighted by molar-refractivity contribution is 5.76. The third-order valence-corrected chi connectivity index (χ3v) is 2.54. The quantitative estimate of drug-likeness (QED) is 0.404. The number of nitrogens with one attached hydrogen (secondary N) is 1. The molecule has 1 amide bonds. The zero-order valence-electron chi connectivity index (χ0n) is 10.2. The van der Waals surface area contributed by atoms with Gasteiger partial charge in [-0.1, -0.05) is 24.3 Å². The highest BCUT2D eigenvalue weighted by Gasteiger charge is 2.05. The van der Waals surface area contributed by atoms with Gasteiger partial charge in [-0.3, -0.25) is 4.79 Å². The summed E-state index contributed by atoms with van der Waals surface area (Å²) >= 11 is 0. The first-order chi connectivity index (χ1) is 8.61. The molecular weight excluding hydrogens is 234 g/mol. The molecule has 0 atom stereocenters. The first kappa shape index (κ1) is 14.6. The van der Waals surface area contributed by atoms with Crippen molar-refractivity contribution in [2.24, 2.45) is 0 Å². The third kappa shape index (κ3) is 5.77. The second-order valence-electron chi connectivity index (χ2n) is 4.11. The fourth-order valence-corrected chi connectivity index (χ4v) is 1.57. The van der Waals surface area contributed by atoms with Crippen molar-refractivity contribution >= 4 is 5.91 Å². The van der Waals surface area contributed by atoms with Gasteiger partial charge < -0.3 is 20.6 Å². The maximum atomic E-state index is 11.1. The largest absolute Gasteiger partial charge is 0.392 e. The Bertz CT molecular complexity index is 362. The Morgan fingerprint density at radius 3 is 2.33 bits per heavy atom. The molecule has 0 aromatic heterocycles. The fourth-order valence-electron chi connectivity index (χ4n) is 1.57. The molecule has 0 bridgehead atoms. The number of hydrogen-bond donors (Lipinski definition) is 4. The van der Waals surface area contributed by atoms with Gasteiger partial charge in [-0.2, -0.15) is 0 Å². The molecule has 100 valence electrons. The molecule has 1 rings (SSSR count). The number of carbonyl (C=O) groups excluding carboxylic acids is 1. The maximum Gasteiger partial charge on any atom is 0.225 e. The molecule has 0 aliphatic heterocycles. The Kier molecular flexibility index (Phi) is 6.35. The van der Waals surface area contributed by atoms with Gasteiger partial charge in [-0.15, -0.1) is 0 Å². The average Bonchev–Trinajstić information content (AvgIpc) is 2.34. The van der Waals surface area contributed by atoms with Crippen LogP contribution in [-0.2, 0) is 17.8 Å². The molecule has 18 heavy (non-hydrogen) atoms. The van der Waals surface area contributed by atoms with Gasteiger partial charge in [-0.05, 0) is 24.0 Å². The van der Waals surface area contributed by atoms with Gasteiger partial charge in [0.1, 0.15) is 0 Å². The Morgan fingerprint density at radius 1 is 1.17 bits per heavy atom. The Labute approximate surface area is 106 Å². The number of hydrogen-bond acceptors (Lipinski definition) is 4. The molecule has 0 heterocycles. The zero-order chi connectivity index (χ0) is 13.4. The molecule has 0 saturated heterocycles. The lowest BCUT2D eigenvalue weighted by Gasteiger charge is -2.06. The Hall–Kier alpha value is -1.43. The van der Waals surface area contributed by atoms with E-state index in [-0.39, 0.29) is 18.9 Å². The molecule has 0 aliphatic rings. The van der Waals surface area contributed by atoms with Gasteiger partial charge in [0.15, 0.2) is 6.29 Å². The van der Waals surface area contributed by atoms with Gasteiger partial charge >= 0.3 is 0 Å². The van der Waals surface area contributed by atoms with Crippen molar-refractivity contribution in [1.29, 1.82) is 0 Å². The first-order valence-electron chi connectivity index (χ1n) is 5.93. The molecule has 0 saturated carbocycles. The summed E-state index contributed by atoms with van der Waals surface area (Å²) in [4.78, 5) is 11.1. The van der Waals surface area contributed by atoms with E-state index in [9.17, 15) is 4.79 Å². The fraction of sp³-hybridized carbons (Fsp3) is 0.462. The second-order valence-corrected chi connectivity index (χ2v) is 4.11. The summed E-state index contributed by atoms with van der Waals surface area (Å²) < 4.78 is 0. The molecule has 5 heteroatoms. The minimum Gasteiger partial charge on any atom is -0.392 e. The van der Waals surface area contributed by atoms with E-state index in [0.717, 1.165) is 24.0 Å². The molecule has 0 aliphatic carbocycles. The van der Waals surface area contributed by atoms with Crippen molar-refractivity contribution in [3.8, 4) is 0 Å². The molecule has 1 aromatic rings. The predicted octanol–water partition coefficient (Wildman–Crippen LogP) is -0.0715. The zero-order valence-corrected chi connectivity index (χ0v) is 10.2. The number of aryl methyl sites for hydroxylation is 1. The van der Waals surface area contributed by atoms with Gasteiger partial charge in [0.2, 0.25) is 5.91 Å². The van der Waals surface area contributed by atoms with Crippen LogP contribution in [0.4, 0.5) is 0 Å². The molecule has 0 radical (unpaired) electrons. The normalized spacial score (nSPS) is 10.7. The van der Waals surface area contributed by atoms with Crippen LogP contribution >= 0.6 is 0 Å². The lowest BCUT2D eigenvalue weighted by Crippen LogP contribution is -2.28. The van der Waals surface area contributed by atoms with E-state index in [0.29, 0.717) is 6.54 Å². The summed E-state index contributed by atoms with van der Waals surface area (Å²) in [5.41, 5.74) is 2.02. The summed E-state index contributed by atoms with van der Waals surface area (Å²) in [5, 5.41) is 28.7. The van der Waals surface area contributed by atoms with E-state index in [1.165, 1.54) is 0 Å². The van der Waals surface area contributed by atoms with E-state index in [2.05, 4.69) is 5.32 Å². The lowest BCUT2D eigenvalue weighted by molar-refractivity contribution is -0.129. The highest BCUT2D eigenvalue weighted by Crippen LogP contribution is 2.06. The van der Waals surface area contributed by atoms with Crippen LogP contribution in [0.25, 0.3) is 0 Å². The second kappa shape index (κ2) is 7.81. The van der Waals surface area contributed by atoms with E-state index < -0.39 is 6.29 Å². The van der Waals surface area contributed by atoms with Gasteiger partial charge in [-0.25, -0.2) is 0 Å². The van der Waals surface area contributed by atoms with Crippen molar-refractivity contribution < 1.29 is 20.1 Å². The summed E-state index contributed by atoms with van der Waals surface area (Å²) in [6.45, 7) is 0.549. The third-order valence-electron chi connectivity index (χ3n) is 2.54. The van der Waals surface area contributed by atoms with Gasteiger partial charge in [0, 0.05) is 6.54 Å². The average molecular weight is 253 g/mol. The smallest absolute Gasteiger partial charge is 0.225 e. The van der Waals surface area contributed by atoms with Gasteiger partial charge in [0.25, 0.3) is 0 Å². The number of carbonyl (C=O) groups is 1. The number of aliphatic hydroxyl groups excluding tert-OH is 2. The number of rotatable bonds is 7. The van der Waals surface area contributed by atoms with Crippen LogP contribution in [0.1, 0.15) is 24.0 Å². The van der Waals surface area contributed by atoms with E-state index >= 15 is 0 Å². The van der Waals surface area contributed by atoms with E-state index in [1.54, 1.807) is 0 Å². The predicted molar refractivity (Wildman–Crippen MR) is 66.5 cm³/mol. The summed E-state index contributed by atoms with van der Waals surface area (Å²) in [5.74, 6) is -0.361. The van der Waals surface area contributed by atoms with Crippen LogP contribution in [0, 0.1) is 0 Å². The summed E-state index contributed by atoms with van der Waals surface area (Å²) in [7, 11) is 0. The molecule has 0 fully saturated rings. The first-order valence-corrected chi connectivity index (χ1v) is 5.93. The van der Waals surface area contributed by atoms with Crippen LogP contribution in [0.15, 0.2) is 24.3 Å². The highest BCUT2D eigenvalue weighted by atomic mass is 16.5. The monoisotopic (exact) mass is 253 g/mol. The minimum absolute atomic E-state index is 0.0415. The Balaban J connectivity index is 2.19. The SMILES string of the molecule is O=C(CC(O)O)NCCCc1ccc(CO)cc1.